The number of sulfonamides is 1. The van der Waals surface area contributed by atoms with E-state index in [9.17, 15) is 13.2 Å². The summed E-state index contributed by atoms with van der Waals surface area (Å²) in [6, 6.07) is 9.53. The fourth-order valence-corrected chi connectivity index (χ4v) is 3.59. The van der Waals surface area contributed by atoms with Crippen molar-refractivity contribution in [1.82, 2.24) is 5.48 Å². The minimum atomic E-state index is -3.56. The largest absolute Gasteiger partial charge is 0.289 e. The summed E-state index contributed by atoms with van der Waals surface area (Å²) in [4.78, 5) is 11.0. The summed E-state index contributed by atoms with van der Waals surface area (Å²) in [7, 11) is -3.56. The third-order valence-corrected chi connectivity index (χ3v) is 5.23. The summed E-state index contributed by atoms with van der Waals surface area (Å²) in [6.07, 6.45) is 0.0223. The molecule has 0 aliphatic rings. The van der Waals surface area contributed by atoms with Crippen molar-refractivity contribution in [2.45, 2.75) is 10.6 Å². The molecular weight excluding hydrogens is 300 g/mol. The highest BCUT2D eigenvalue weighted by molar-refractivity contribution is 7.94. The van der Waals surface area contributed by atoms with Gasteiger partial charge in [-0.15, -0.1) is 11.3 Å². The number of carbonyl (C=O) groups excluding carboxylic acids is 1. The van der Waals surface area contributed by atoms with Crippen molar-refractivity contribution in [1.29, 1.82) is 0 Å². The SMILES string of the molecule is O=C(Cc1ccc(NS(=O)(=O)c2cccs2)cc1)NO. The monoisotopic (exact) mass is 312 g/mol. The molecule has 0 fully saturated rings. The van der Waals surface area contributed by atoms with Gasteiger partial charge in [-0.05, 0) is 29.1 Å². The zero-order valence-corrected chi connectivity index (χ0v) is 11.9. The van der Waals surface area contributed by atoms with Crippen molar-refractivity contribution in [2.24, 2.45) is 0 Å². The van der Waals surface area contributed by atoms with Gasteiger partial charge < -0.3 is 0 Å². The van der Waals surface area contributed by atoms with Crippen molar-refractivity contribution in [2.75, 3.05) is 4.72 Å². The molecule has 1 heterocycles. The molecule has 0 aliphatic heterocycles. The van der Waals surface area contributed by atoms with Crippen molar-refractivity contribution in [3.05, 3.63) is 47.3 Å². The second-order valence-corrected chi connectivity index (χ2v) is 6.80. The molecular formula is C12H12N2O4S2. The van der Waals surface area contributed by atoms with Crippen molar-refractivity contribution >= 4 is 33.0 Å². The van der Waals surface area contributed by atoms with E-state index in [1.54, 1.807) is 35.7 Å². The summed E-state index contributed by atoms with van der Waals surface area (Å²) in [5, 5.41) is 10.1. The predicted octanol–water partition coefficient (Wildman–Crippen LogP) is 1.60. The first kappa shape index (κ1) is 14.5. The number of hydroxylamine groups is 1. The number of rotatable bonds is 5. The molecule has 20 heavy (non-hydrogen) atoms. The maximum absolute atomic E-state index is 12.0. The lowest BCUT2D eigenvalue weighted by Crippen LogP contribution is -2.20. The smallest absolute Gasteiger partial charge is 0.271 e. The molecule has 2 aromatic rings. The predicted molar refractivity (Wildman–Crippen MR) is 75.2 cm³/mol. The van der Waals surface area contributed by atoms with Crippen molar-refractivity contribution < 1.29 is 18.4 Å². The number of hydrogen-bond donors (Lipinski definition) is 3. The molecule has 8 heteroatoms. The van der Waals surface area contributed by atoms with Gasteiger partial charge in [0.15, 0.2) is 0 Å². The Kier molecular flexibility index (Phi) is 4.38. The Morgan fingerprint density at radius 3 is 2.45 bits per heavy atom. The molecule has 0 saturated heterocycles. The van der Waals surface area contributed by atoms with Gasteiger partial charge in [-0.1, -0.05) is 18.2 Å². The van der Waals surface area contributed by atoms with E-state index in [2.05, 4.69) is 4.72 Å². The van der Waals surface area contributed by atoms with Crippen LogP contribution in [0.15, 0.2) is 46.0 Å². The van der Waals surface area contributed by atoms with Crippen LogP contribution in [0.5, 0.6) is 0 Å². The van der Waals surface area contributed by atoms with E-state index < -0.39 is 15.9 Å². The van der Waals surface area contributed by atoms with E-state index in [1.807, 2.05) is 0 Å². The van der Waals surface area contributed by atoms with Crippen LogP contribution in [0.1, 0.15) is 5.56 Å². The third kappa shape index (κ3) is 3.56. The van der Waals surface area contributed by atoms with Crippen LogP contribution in [0.2, 0.25) is 0 Å². The van der Waals surface area contributed by atoms with Gasteiger partial charge in [0.1, 0.15) is 4.21 Å². The maximum Gasteiger partial charge on any atom is 0.271 e. The van der Waals surface area contributed by atoms with Crippen molar-refractivity contribution in [3.8, 4) is 0 Å². The molecule has 1 aromatic heterocycles. The van der Waals surface area contributed by atoms with Crippen LogP contribution in [-0.2, 0) is 21.2 Å². The molecule has 0 aliphatic carbocycles. The number of carbonyl (C=O) groups is 1. The number of nitrogens with one attached hydrogen (secondary N) is 2. The van der Waals surface area contributed by atoms with Gasteiger partial charge in [0.05, 0.1) is 6.42 Å². The summed E-state index contributed by atoms with van der Waals surface area (Å²) < 4.78 is 26.6. The Morgan fingerprint density at radius 2 is 1.90 bits per heavy atom. The lowest BCUT2D eigenvalue weighted by atomic mass is 10.1. The normalized spacial score (nSPS) is 11.1. The lowest BCUT2D eigenvalue weighted by Gasteiger charge is -2.07. The van der Waals surface area contributed by atoms with Crippen LogP contribution in [0.4, 0.5) is 5.69 Å². The number of anilines is 1. The second kappa shape index (κ2) is 6.04. The minimum absolute atomic E-state index is 0.0223. The summed E-state index contributed by atoms with van der Waals surface area (Å²) in [5.74, 6) is -0.531. The lowest BCUT2D eigenvalue weighted by molar-refractivity contribution is -0.128. The number of hydrogen-bond acceptors (Lipinski definition) is 5. The average molecular weight is 312 g/mol. The molecule has 1 aromatic carbocycles. The molecule has 0 saturated carbocycles. The Labute approximate surface area is 120 Å². The molecule has 106 valence electrons. The summed E-state index contributed by atoms with van der Waals surface area (Å²) in [6.45, 7) is 0. The van der Waals surface area contributed by atoms with E-state index in [1.165, 1.54) is 11.5 Å². The highest BCUT2D eigenvalue weighted by Gasteiger charge is 2.14. The molecule has 0 bridgehead atoms. The minimum Gasteiger partial charge on any atom is -0.289 e. The topological polar surface area (TPSA) is 95.5 Å². The first-order valence-corrected chi connectivity index (χ1v) is 7.96. The Bertz CT molecular complexity index is 679. The number of amides is 1. The van der Waals surface area contributed by atoms with E-state index in [4.69, 9.17) is 5.21 Å². The Balaban J connectivity index is 2.10. The van der Waals surface area contributed by atoms with Crippen molar-refractivity contribution in [3.63, 3.8) is 0 Å². The van der Waals surface area contributed by atoms with Crippen LogP contribution < -0.4 is 10.2 Å². The second-order valence-electron chi connectivity index (χ2n) is 3.95. The van der Waals surface area contributed by atoms with Crippen LogP contribution in [0.3, 0.4) is 0 Å². The van der Waals surface area contributed by atoms with Gasteiger partial charge in [0.2, 0.25) is 5.91 Å². The average Bonchev–Trinajstić information content (AvgIpc) is 2.95. The van der Waals surface area contributed by atoms with Crippen LogP contribution in [0.25, 0.3) is 0 Å². The standard InChI is InChI=1S/C12H12N2O4S2/c15-11(13-16)8-9-3-5-10(6-4-9)14-20(17,18)12-2-1-7-19-12/h1-7,14,16H,8H2,(H,13,15). The molecule has 1 amide bonds. The quantitative estimate of drug-likeness (QED) is 0.577. The van der Waals surface area contributed by atoms with Gasteiger partial charge in [0, 0.05) is 5.69 Å². The molecule has 0 spiro atoms. The third-order valence-electron chi connectivity index (χ3n) is 2.46. The molecule has 6 nitrogen and oxygen atoms in total. The van der Waals surface area contributed by atoms with E-state index >= 15 is 0 Å². The highest BCUT2D eigenvalue weighted by Crippen LogP contribution is 2.20. The summed E-state index contributed by atoms with van der Waals surface area (Å²) in [5.41, 5.74) is 2.61. The first-order valence-electron chi connectivity index (χ1n) is 5.59. The number of benzene rings is 1. The van der Waals surface area contributed by atoms with Crippen LogP contribution in [-0.4, -0.2) is 19.5 Å². The van der Waals surface area contributed by atoms with Gasteiger partial charge >= 0.3 is 0 Å². The Hall–Kier alpha value is -1.90. The van der Waals surface area contributed by atoms with E-state index in [0.29, 0.717) is 11.3 Å². The van der Waals surface area contributed by atoms with E-state index in [0.717, 1.165) is 11.3 Å². The van der Waals surface area contributed by atoms with Crippen LogP contribution >= 0.6 is 11.3 Å². The van der Waals surface area contributed by atoms with Crippen LogP contribution in [0, 0.1) is 0 Å². The molecule has 0 radical (unpaired) electrons. The zero-order chi connectivity index (χ0) is 14.6. The van der Waals surface area contributed by atoms with Gasteiger partial charge in [-0.25, -0.2) is 13.9 Å². The van der Waals surface area contributed by atoms with E-state index in [-0.39, 0.29) is 10.6 Å². The molecule has 3 N–H and O–H groups in total. The highest BCUT2D eigenvalue weighted by atomic mass is 32.2. The van der Waals surface area contributed by atoms with Gasteiger partial charge in [-0.2, -0.15) is 0 Å². The summed E-state index contributed by atoms with van der Waals surface area (Å²) >= 11 is 1.13. The zero-order valence-electron chi connectivity index (χ0n) is 10.2. The molecule has 0 atom stereocenters. The molecule has 0 unspecified atom stereocenters. The van der Waals surface area contributed by atoms with Gasteiger partial charge in [-0.3, -0.25) is 14.7 Å². The fourth-order valence-electron chi connectivity index (χ4n) is 1.54. The first-order chi connectivity index (χ1) is 9.51. The fraction of sp³-hybridized carbons (Fsp3) is 0.0833. The Morgan fingerprint density at radius 1 is 1.20 bits per heavy atom. The molecule has 2 rings (SSSR count). The maximum atomic E-state index is 12.0. The van der Waals surface area contributed by atoms with Gasteiger partial charge in [0.25, 0.3) is 10.0 Å². The number of thiophene rings is 1.